The summed E-state index contributed by atoms with van der Waals surface area (Å²) < 4.78 is 4.92. The van der Waals surface area contributed by atoms with Crippen LogP contribution in [0.5, 0.6) is 0 Å². The molecule has 0 aliphatic carbocycles. The molecule has 4 nitrogen and oxygen atoms in total. The quantitative estimate of drug-likeness (QED) is 0.630. The van der Waals surface area contributed by atoms with Gasteiger partial charge < -0.3 is 4.74 Å². The Bertz CT molecular complexity index is 558. The van der Waals surface area contributed by atoms with Gasteiger partial charge in [0.25, 0.3) is 0 Å². The third-order valence-corrected chi connectivity index (χ3v) is 2.63. The molecule has 0 saturated carbocycles. The highest BCUT2D eigenvalue weighted by molar-refractivity contribution is 6.32. The van der Waals surface area contributed by atoms with E-state index in [1.165, 1.54) is 0 Å². The maximum Gasteiger partial charge on any atom is 0.341 e. The Morgan fingerprint density at radius 1 is 1.39 bits per heavy atom. The molecule has 0 bridgehead atoms. The third-order valence-electron chi connectivity index (χ3n) is 2.33. The van der Waals surface area contributed by atoms with E-state index in [1.807, 2.05) is 12.1 Å². The summed E-state index contributed by atoms with van der Waals surface area (Å²) in [5, 5.41) is 0.140. The lowest BCUT2D eigenvalue weighted by Gasteiger charge is -2.06. The van der Waals surface area contributed by atoms with Crippen LogP contribution in [0.25, 0.3) is 11.1 Å². The van der Waals surface area contributed by atoms with Crippen molar-refractivity contribution in [3.8, 4) is 11.1 Å². The van der Waals surface area contributed by atoms with Gasteiger partial charge >= 0.3 is 5.97 Å². The Hall–Kier alpha value is -1.94. The van der Waals surface area contributed by atoms with Crippen LogP contribution in [0.1, 0.15) is 17.3 Å². The number of ether oxygens (including phenoxy) is 1. The fraction of sp³-hybridized carbons (Fsp3) is 0.154. The summed E-state index contributed by atoms with van der Waals surface area (Å²) in [5.74, 6) is -0.472. The molecule has 5 heteroatoms. The van der Waals surface area contributed by atoms with Crippen molar-refractivity contribution < 1.29 is 9.53 Å². The Balaban J connectivity index is 2.41. The highest BCUT2D eigenvalue weighted by Gasteiger charge is 2.14. The van der Waals surface area contributed by atoms with E-state index in [0.29, 0.717) is 6.61 Å². The lowest BCUT2D eigenvalue weighted by atomic mass is 10.1. The van der Waals surface area contributed by atoms with Gasteiger partial charge in [-0.1, -0.05) is 17.7 Å². The molecule has 0 aliphatic heterocycles. The zero-order valence-corrected chi connectivity index (χ0v) is 10.5. The first-order valence-electron chi connectivity index (χ1n) is 5.45. The highest BCUT2D eigenvalue weighted by atomic mass is 35.5. The second kappa shape index (κ2) is 5.60. The maximum atomic E-state index is 11.7. The molecule has 0 aliphatic rings. The van der Waals surface area contributed by atoms with Crippen molar-refractivity contribution in [2.75, 3.05) is 6.61 Å². The Kier molecular flexibility index (Phi) is 3.89. The van der Waals surface area contributed by atoms with E-state index in [1.54, 1.807) is 31.6 Å². The van der Waals surface area contributed by atoms with Crippen molar-refractivity contribution in [3.63, 3.8) is 0 Å². The van der Waals surface area contributed by atoms with Gasteiger partial charge in [-0.25, -0.2) is 9.78 Å². The molecule has 0 aromatic carbocycles. The van der Waals surface area contributed by atoms with Gasteiger partial charge in [0, 0.05) is 29.7 Å². The number of pyridine rings is 2. The van der Waals surface area contributed by atoms with Crippen molar-refractivity contribution in [3.05, 3.63) is 47.5 Å². The smallest absolute Gasteiger partial charge is 0.341 e. The minimum atomic E-state index is -0.472. The second-order valence-electron chi connectivity index (χ2n) is 3.52. The molecule has 2 aromatic heterocycles. The van der Waals surface area contributed by atoms with E-state index >= 15 is 0 Å². The number of aromatic nitrogens is 2. The van der Waals surface area contributed by atoms with Gasteiger partial charge in [-0.05, 0) is 19.1 Å². The number of halogens is 1. The molecule has 0 amide bonds. The van der Waals surface area contributed by atoms with E-state index in [-0.39, 0.29) is 10.7 Å². The SMILES string of the molecule is CCOC(=O)c1cc(-c2cccnc2)cnc1Cl. The Labute approximate surface area is 110 Å². The number of carbonyl (C=O) groups excluding carboxylic acids is 1. The van der Waals surface area contributed by atoms with Gasteiger partial charge in [0.1, 0.15) is 5.15 Å². The first kappa shape index (κ1) is 12.5. The fourth-order valence-corrected chi connectivity index (χ4v) is 1.67. The lowest BCUT2D eigenvalue weighted by molar-refractivity contribution is 0.0526. The molecule has 2 rings (SSSR count). The summed E-state index contributed by atoms with van der Waals surface area (Å²) in [6.45, 7) is 2.04. The van der Waals surface area contributed by atoms with Crippen LogP contribution in [0, 0.1) is 0 Å². The highest BCUT2D eigenvalue weighted by Crippen LogP contribution is 2.22. The average molecular weight is 263 g/mol. The molecule has 18 heavy (non-hydrogen) atoms. The van der Waals surface area contributed by atoms with Gasteiger partial charge in [-0.2, -0.15) is 0 Å². The topological polar surface area (TPSA) is 52.1 Å². The van der Waals surface area contributed by atoms with Crippen LogP contribution in [0.15, 0.2) is 36.8 Å². The van der Waals surface area contributed by atoms with Crippen LogP contribution in [-0.2, 0) is 4.74 Å². The van der Waals surface area contributed by atoms with Gasteiger partial charge in [0.2, 0.25) is 0 Å². The van der Waals surface area contributed by atoms with Gasteiger partial charge in [0.05, 0.1) is 12.2 Å². The first-order valence-corrected chi connectivity index (χ1v) is 5.83. The van der Waals surface area contributed by atoms with Gasteiger partial charge in [-0.3, -0.25) is 4.98 Å². The number of hydrogen-bond acceptors (Lipinski definition) is 4. The standard InChI is InChI=1S/C13H11ClN2O2/c1-2-18-13(17)11-6-10(8-16-12(11)14)9-4-3-5-15-7-9/h3-8H,2H2,1H3. The summed E-state index contributed by atoms with van der Waals surface area (Å²) in [6, 6.07) is 5.35. The van der Waals surface area contributed by atoms with Crippen molar-refractivity contribution in [2.45, 2.75) is 6.92 Å². The van der Waals surface area contributed by atoms with Crippen LogP contribution in [0.2, 0.25) is 5.15 Å². The molecule has 0 fully saturated rings. The molecule has 2 heterocycles. The van der Waals surface area contributed by atoms with Crippen LogP contribution in [-0.4, -0.2) is 22.5 Å². The van der Waals surface area contributed by atoms with Crippen LogP contribution in [0.3, 0.4) is 0 Å². The summed E-state index contributed by atoms with van der Waals surface area (Å²) in [4.78, 5) is 19.7. The zero-order valence-electron chi connectivity index (χ0n) is 9.76. The van der Waals surface area contributed by atoms with Gasteiger partial charge in [0.15, 0.2) is 0 Å². The fourth-order valence-electron chi connectivity index (χ4n) is 1.49. The minimum absolute atomic E-state index is 0.140. The zero-order chi connectivity index (χ0) is 13.0. The van der Waals surface area contributed by atoms with Crippen molar-refractivity contribution in [2.24, 2.45) is 0 Å². The molecule has 0 spiro atoms. The molecule has 0 unspecified atom stereocenters. The predicted octanol–water partition coefficient (Wildman–Crippen LogP) is 2.97. The normalized spacial score (nSPS) is 10.1. The van der Waals surface area contributed by atoms with Gasteiger partial charge in [-0.15, -0.1) is 0 Å². The van der Waals surface area contributed by atoms with Crippen LogP contribution >= 0.6 is 11.6 Å². The summed E-state index contributed by atoms with van der Waals surface area (Å²) in [5.41, 5.74) is 1.91. The van der Waals surface area contributed by atoms with Crippen molar-refractivity contribution in [1.29, 1.82) is 0 Å². The van der Waals surface area contributed by atoms with Crippen LogP contribution < -0.4 is 0 Å². The Morgan fingerprint density at radius 3 is 2.89 bits per heavy atom. The summed E-state index contributed by atoms with van der Waals surface area (Å²) >= 11 is 5.89. The van der Waals surface area contributed by atoms with Crippen LogP contribution in [0.4, 0.5) is 0 Å². The largest absolute Gasteiger partial charge is 0.462 e. The molecule has 0 atom stereocenters. The van der Waals surface area contributed by atoms with Crippen molar-refractivity contribution in [1.82, 2.24) is 9.97 Å². The lowest BCUT2D eigenvalue weighted by Crippen LogP contribution is -2.06. The summed E-state index contributed by atoms with van der Waals surface area (Å²) in [7, 11) is 0. The van der Waals surface area contributed by atoms with E-state index < -0.39 is 5.97 Å². The molecular formula is C13H11ClN2O2. The number of rotatable bonds is 3. The van der Waals surface area contributed by atoms with E-state index in [2.05, 4.69) is 9.97 Å². The second-order valence-corrected chi connectivity index (χ2v) is 3.88. The van der Waals surface area contributed by atoms with E-state index in [0.717, 1.165) is 11.1 Å². The van der Waals surface area contributed by atoms with E-state index in [4.69, 9.17) is 16.3 Å². The average Bonchev–Trinajstić information content (AvgIpc) is 2.40. The number of esters is 1. The molecule has 2 aromatic rings. The molecule has 0 radical (unpaired) electrons. The number of carbonyl (C=O) groups is 1. The maximum absolute atomic E-state index is 11.7. The molecule has 0 N–H and O–H groups in total. The summed E-state index contributed by atoms with van der Waals surface area (Å²) in [6.07, 6.45) is 4.97. The number of hydrogen-bond donors (Lipinski definition) is 0. The Morgan fingerprint density at radius 2 is 2.22 bits per heavy atom. The monoisotopic (exact) mass is 262 g/mol. The molecule has 0 saturated heterocycles. The molecule has 92 valence electrons. The third kappa shape index (κ3) is 2.65. The van der Waals surface area contributed by atoms with E-state index in [9.17, 15) is 4.79 Å². The van der Waals surface area contributed by atoms with Crippen molar-refractivity contribution >= 4 is 17.6 Å². The first-order chi connectivity index (χ1) is 8.72. The minimum Gasteiger partial charge on any atom is -0.462 e. The number of nitrogens with zero attached hydrogens (tertiary/aromatic N) is 2. The predicted molar refractivity (Wildman–Crippen MR) is 68.4 cm³/mol. The molecular weight excluding hydrogens is 252 g/mol.